The molecule has 2 rings (SSSR count). The highest BCUT2D eigenvalue weighted by Gasteiger charge is 2.28. The molecule has 1 aliphatic rings. The van der Waals surface area contributed by atoms with Crippen LogP contribution in [0.15, 0.2) is 13.6 Å². The van der Waals surface area contributed by atoms with Crippen molar-refractivity contribution >= 4 is 61.5 Å². The molecule has 3 nitrogen and oxygen atoms in total. The molecule has 0 spiro atoms. The number of hydrogen-bond acceptors (Lipinski definition) is 3. The smallest absolute Gasteiger partial charge is 0.255 e. The van der Waals surface area contributed by atoms with Gasteiger partial charge >= 0.3 is 0 Å². The van der Waals surface area contributed by atoms with Gasteiger partial charge in [0.1, 0.15) is 0 Å². The lowest BCUT2D eigenvalue weighted by atomic mass is 9.92. The van der Waals surface area contributed by atoms with Crippen molar-refractivity contribution in [2.24, 2.45) is 11.7 Å². The standard InChI is InChI=1S/C12H16Br2N2OS.ClH/c1-7(15)8-3-2-4-16(6-8)12(17)9-5-10(13)18-11(9)14;/h5,7-8H,2-4,6,15H2,1H3;1H. The fraction of sp³-hybridized carbons (Fsp3) is 0.583. The van der Waals surface area contributed by atoms with Crippen LogP contribution < -0.4 is 5.73 Å². The molecular formula is C12H17Br2ClN2OS. The van der Waals surface area contributed by atoms with Crippen LogP contribution in [0, 0.1) is 5.92 Å². The van der Waals surface area contributed by atoms with Crippen LogP contribution in [-0.4, -0.2) is 29.9 Å². The highest BCUT2D eigenvalue weighted by molar-refractivity contribution is 9.12. The van der Waals surface area contributed by atoms with Gasteiger partial charge in [0.05, 0.1) is 13.1 Å². The van der Waals surface area contributed by atoms with Gasteiger partial charge in [-0.1, -0.05) is 0 Å². The molecule has 2 N–H and O–H groups in total. The lowest BCUT2D eigenvalue weighted by molar-refractivity contribution is 0.0660. The maximum atomic E-state index is 12.4. The molecule has 0 bridgehead atoms. The summed E-state index contributed by atoms with van der Waals surface area (Å²) >= 11 is 8.38. The van der Waals surface area contributed by atoms with Crippen molar-refractivity contribution in [2.75, 3.05) is 13.1 Å². The Bertz CT molecular complexity index is 453. The van der Waals surface area contributed by atoms with E-state index in [0.717, 1.165) is 39.1 Å². The molecule has 1 aromatic rings. The number of rotatable bonds is 2. The minimum Gasteiger partial charge on any atom is -0.338 e. The first-order valence-corrected chi connectivity index (χ1v) is 8.39. The number of likely N-dealkylation sites (tertiary alicyclic amines) is 1. The van der Waals surface area contributed by atoms with E-state index in [9.17, 15) is 4.79 Å². The van der Waals surface area contributed by atoms with Crippen LogP contribution in [0.2, 0.25) is 0 Å². The van der Waals surface area contributed by atoms with Crippen molar-refractivity contribution in [3.8, 4) is 0 Å². The number of nitrogens with two attached hydrogens (primary N) is 1. The minimum atomic E-state index is 0. The van der Waals surface area contributed by atoms with Gasteiger partial charge in [-0.2, -0.15) is 0 Å². The number of halogens is 3. The molecule has 2 heterocycles. The topological polar surface area (TPSA) is 46.3 Å². The summed E-state index contributed by atoms with van der Waals surface area (Å²) in [7, 11) is 0. The average Bonchev–Trinajstić information content (AvgIpc) is 2.67. The largest absolute Gasteiger partial charge is 0.338 e. The zero-order chi connectivity index (χ0) is 13.3. The first kappa shape index (κ1) is 17.4. The number of carbonyl (C=O) groups excluding carboxylic acids is 1. The summed E-state index contributed by atoms with van der Waals surface area (Å²) in [6.07, 6.45) is 2.16. The molecule has 19 heavy (non-hydrogen) atoms. The summed E-state index contributed by atoms with van der Waals surface area (Å²) < 4.78 is 1.86. The fourth-order valence-electron chi connectivity index (χ4n) is 2.28. The van der Waals surface area contributed by atoms with Gasteiger partial charge in [-0.3, -0.25) is 4.79 Å². The molecule has 0 aliphatic carbocycles. The third-order valence-corrected chi connectivity index (χ3v) is 5.72. The van der Waals surface area contributed by atoms with Gasteiger partial charge in [0.2, 0.25) is 0 Å². The Balaban J connectivity index is 0.00000180. The van der Waals surface area contributed by atoms with E-state index < -0.39 is 0 Å². The van der Waals surface area contributed by atoms with Crippen molar-refractivity contribution in [3.05, 3.63) is 19.2 Å². The van der Waals surface area contributed by atoms with Gasteiger partial charge in [-0.25, -0.2) is 0 Å². The van der Waals surface area contributed by atoms with E-state index in [2.05, 4.69) is 31.9 Å². The van der Waals surface area contributed by atoms with Crippen LogP contribution in [0.4, 0.5) is 0 Å². The van der Waals surface area contributed by atoms with E-state index in [4.69, 9.17) is 5.73 Å². The summed E-state index contributed by atoms with van der Waals surface area (Å²) in [6.45, 7) is 3.63. The number of amides is 1. The molecule has 1 aromatic heterocycles. The summed E-state index contributed by atoms with van der Waals surface area (Å²) in [5, 5.41) is 0. The van der Waals surface area contributed by atoms with Crippen molar-refractivity contribution in [1.29, 1.82) is 0 Å². The van der Waals surface area contributed by atoms with E-state index in [1.54, 1.807) is 0 Å². The SMILES string of the molecule is CC(N)C1CCCN(C(=O)c2cc(Br)sc2Br)C1.Cl. The molecule has 0 radical (unpaired) electrons. The second kappa shape index (κ2) is 7.41. The van der Waals surface area contributed by atoms with Gasteiger partial charge in [-0.15, -0.1) is 23.7 Å². The molecule has 2 atom stereocenters. The van der Waals surface area contributed by atoms with E-state index in [1.807, 2.05) is 17.9 Å². The van der Waals surface area contributed by atoms with E-state index in [-0.39, 0.29) is 24.4 Å². The van der Waals surface area contributed by atoms with Crippen LogP contribution in [0.3, 0.4) is 0 Å². The second-order valence-corrected chi connectivity index (χ2v) is 8.50. The van der Waals surface area contributed by atoms with E-state index >= 15 is 0 Å². The van der Waals surface area contributed by atoms with Crippen LogP contribution in [0.25, 0.3) is 0 Å². The maximum Gasteiger partial charge on any atom is 0.255 e. The molecular weight excluding hydrogens is 415 g/mol. The van der Waals surface area contributed by atoms with E-state index in [1.165, 1.54) is 11.3 Å². The number of nitrogens with zero attached hydrogens (tertiary/aromatic N) is 1. The Hall–Kier alpha value is 0.380. The summed E-state index contributed by atoms with van der Waals surface area (Å²) in [6, 6.07) is 2.03. The third kappa shape index (κ3) is 4.17. The Morgan fingerprint density at radius 3 is 2.79 bits per heavy atom. The van der Waals surface area contributed by atoms with Crippen molar-refractivity contribution < 1.29 is 4.79 Å². The highest BCUT2D eigenvalue weighted by Crippen LogP contribution is 2.33. The zero-order valence-electron chi connectivity index (χ0n) is 10.6. The van der Waals surface area contributed by atoms with Crippen LogP contribution >= 0.6 is 55.6 Å². The lowest BCUT2D eigenvalue weighted by Gasteiger charge is -2.34. The van der Waals surface area contributed by atoms with Crippen molar-refractivity contribution in [2.45, 2.75) is 25.8 Å². The number of thiophene rings is 1. The Morgan fingerprint density at radius 1 is 1.58 bits per heavy atom. The van der Waals surface area contributed by atoms with Gasteiger partial charge in [0.25, 0.3) is 5.91 Å². The average molecular weight is 433 g/mol. The summed E-state index contributed by atoms with van der Waals surface area (Å²) in [5.74, 6) is 0.526. The van der Waals surface area contributed by atoms with Crippen molar-refractivity contribution in [3.63, 3.8) is 0 Å². The molecule has 0 saturated carbocycles. The molecule has 7 heteroatoms. The Labute approximate surface area is 140 Å². The number of hydrogen-bond donors (Lipinski definition) is 1. The van der Waals surface area contributed by atoms with Crippen LogP contribution in [-0.2, 0) is 0 Å². The Kier molecular flexibility index (Phi) is 6.79. The molecule has 0 aromatic carbocycles. The molecule has 1 saturated heterocycles. The normalized spacial score (nSPS) is 20.8. The predicted octanol–water partition coefficient (Wildman–Crippen LogP) is 3.89. The first-order chi connectivity index (χ1) is 8.49. The molecule has 1 amide bonds. The molecule has 1 fully saturated rings. The predicted molar refractivity (Wildman–Crippen MR) is 89.2 cm³/mol. The fourth-order valence-corrected chi connectivity index (χ4v) is 5.06. The summed E-state index contributed by atoms with van der Waals surface area (Å²) in [5.41, 5.74) is 6.70. The quantitative estimate of drug-likeness (QED) is 0.771. The second-order valence-electron chi connectivity index (χ2n) is 4.75. The highest BCUT2D eigenvalue weighted by atomic mass is 79.9. The van der Waals surface area contributed by atoms with E-state index in [0.29, 0.717) is 5.92 Å². The van der Waals surface area contributed by atoms with Crippen LogP contribution in [0.5, 0.6) is 0 Å². The lowest BCUT2D eigenvalue weighted by Crippen LogP contribution is -2.45. The molecule has 1 aliphatic heterocycles. The van der Waals surface area contributed by atoms with Crippen molar-refractivity contribution in [1.82, 2.24) is 4.90 Å². The molecule has 108 valence electrons. The monoisotopic (exact) mass is 430 g/mol. The van der Waals surface area contributed by atoms with Crippen LogP contribution in [0.1, 0.15) is 30.1 Å². The van der Waals surface area contributed by atoms with Gasteiger partial charge in [0.15, 0.2) is 0 Å². The Morgan fingerprint density at radius 2 is 2.26 bits per heavy atom. The maximum absolute atomic E-state index is 12.4. The summed E-state index contributed by atoms with van der Waals surface area (Å²) in [4.78, 5) is 14.4. The first-order valence-electron chi connectivity index (χ1n) is 5.98. The zero-order valence-corrected chi connectivity index (χ0v) is 15.4. The van der Waals surface area contributed by atoms with Gasteiger partial charge < -0.3 is 10.6 Å². The molecule has 2 unspecified atom stereocenters. The number of piperidine rings is 1. The third-order valence-electron chi connectivity index (χ3n) is 3.38. The minimum absolute atomic E-state index is 0. The van der Waals surface area contributed by atoms with Gasteiger partial charge in [-0.05, 0) is 63.6 Å². The number of carbonyl (C=O) groups is 1. The van der Waals surface area contributed by atoms with Gasteiger partial charge in [0, 0.05) is 19.1 Å².